The van der Waals surface area contributed by atoms with E-state index in [0.29, 0.717) is 5.75 Å². The second-order valence-corrected chi connectivity index (χ2v) is 7.52. The third-order valence-corrected chi connectivity index (χ3v) is 4.70. The fraction of sp³-hybridized carbons (Fsp3) is 0.692. The molecular formula is C13H21N3O3S. The predicted molar refractivity (Wildman–Crippen MR) is 78.0 cm³/mol. The van der Waals surface area contributed by atoms with Gasteiger partial charge < -0.3 is 9.64 Å². The first-order valence-electron chi connectivity index (χ1n) is 6.69. The summed E-state index contributed by atoms with van der Waals surface area (Å²) in [6.45, 7) is 3.49. The monoisotopic (exact) mass is 299 g/mol. The molecule has 1 fully saturated rings. The van der Waals surface area contributed by atoms with Crippen LogP contribution in [0.15, 0.2) is 6.33 Å². The minimum atomic E-state index is -2.89. The Morgan fingerprint density at radius 1 is 1.35 bits per heavy atom. The molecule has 0 unspecified atom stereocenters. The molecule has 7 heteroatoms. The van der Waals surface area contributed by atoms with Crippen molar-refractivity contribution in [1.29, 1.82) is 0 Å². The lowest BCUT2D eigenvalue weighted by molar-refractivity contribution is 0.396. The highest BCUT2D eigenvalue weighted by Gasteiger charge is 2.25. The van der Waals surface area contributed by atoms with Gasteiger partial charge in [0.1, 0.15) is 16.2 Å². The zero-order chi connectivity index (χ0) is 14.8. The van der Waals surface area contributed by atoms with E-state index < -0.39 is 9.84 Å². The molecule has 1 saturated heterocycles. The van der Waals surface area contributed by atoms with Crippen molar-refractivity contribution in [2.24, 2.45) is 5.92 Å². The van der Waals surface area contributed by atoms with Gasteiger partial charge in [-0.1, -0.05) is 0 Å². The summed E-state index contributed by atoms with van der Waals surface area (Å²) in [6.07, 6.45) is 4.56. The van der Waals surface area contributed by atoms with Gasteiger partial charge in [-0.2, -0.15) is 0 Å². The third-order valence-electron chi connectivity index (χ3n) is 3.62. The molecule has 0 amide bonds. The van der Waals surface area contributed by atoms with Crippen LogP contribution in [0.5, 0.6) is 5.75 Å². The topological polar surface area (TPSA) is 72.4 Å². The molecule has 0 radical (unpaired) electrons. The summed E-state index contributed by atoms with van der Waals surface area (Å²) in [7, 11) is -1.28. The van der Waals surface area contributed by atoms with Crippen LogP contribution in [0.2, 0.25) is 0 Å². The molecule has 1 aliphatic heterocycles. The van der Waals surface area contributed by atoms with Crippen molar-refractivity contribution in [3.8, 4) is 5.75 Å². The smallest absolute Gasteiger partial charge is 0.182 e. The molecule has 20 heavy (non-hydrogen) atoms. The standard InChI is InChI=1S/C13H21N3O3S/c1-10-12(19-2)13(15-9-14-10)16-6-4-11(5-7-16)8-20(3,17)18/h9,11H,4-8H2,1-3H3. The van der Waals surface area contributed by atoms with Crippen LogP contribution in [0, 0.1) is 12.8 Å². The van der Waals surface area contributed by atoms with E-state index in [-0.39, 0.29) is 11.7 Å². The number of methoxy groups -OCH3 is 1. The van der Waals surface area contributed by atoms with Crippen molar-refractivity contribution < 1.29 is 13.2 Å². The highest BCUT2D eigenvalue weighted by atomic mass is 32.2. The van der Waals surface area contributed by atoms with Crippen molar-refractivity contribution in [1.82, 2.24) is 9.97 Å². The molecule has 2 heterocycles. The third kappa shape index (κ3) is 3.59. The molecule has 0 bridgehead atoms. The van der Waals surface area contributed by atoms with E-state index in [4.69, 9.17) is 4.74 Å². The van der Waals surface area contributed by atoms with Crippen molar-refractivity contribution in [2.75, 3.05) is 37.1 Å². The van der Waals surface area contributed by atoms with Crippen LogP contribution in [-0.2, 0) is 9.84 Å². The Bertz CT molecular complexity index is 566. The van der Waals surface area contributed by atoms with Gasteiger partial charge in [-0.05, 0) is 25.7 Å². The second-order valence-electron chi connectivity index (χ2n) is 5.34. The van der Waals surface area contributed by atoms with Gasteiger partial charge >= 0.3 is 0 Å². The maximum absolute atomic E-state index is 11.3. The summed E-state index contributed by atoms with van der Waals surface area (Å²) in [6, 6.07) is 0. The molecule has 0 saturated carbocycles. The van der Waals surface area contributed by atoms with Crippen LogP contribution in [0.3, 0.4) is 0 Å². The van der Waals surface area contributed by atoms with Crippen LogP contribution >= 0.6 is 0 Å². The summed E-state index contributed by atoms with van der Waals surface area (Å²) in [5.74, 6) is 2.03. The van der Waals surface area contributed by atoms with Crippen molar-refractivity contribution >= 4 is 15.7 Å². The van der Waals surface area contributed by atoms with Gasteiger partial charge in [0.05, 0.1) is 18.6 Å². The van der Waals surface area contributed by atoms with E-state index in [1.54, 1.807) is 7.11 Å². The molecule has 6 nitrogen and oxygen atoms in total. The number of anilines is 1. The summed E-state index contributed by atoms with van der Waals surface area (Å²) in [4.78, 5) is 10.6. The van der Waals surface area contributed by atoms with Crippen LogP contribution in [0.4, 0.5) is 5.82 Å². The summed E-state index contributed by atoms with van der Waals surface area (Å²) in [5, 5.41) is 0. The fourth-order valence-electron chi connectivity index (χ4n) is 2.65. The first kappa shape index (κ1) is 15.0. The SMILES string of the molecule is COc1c(C)ncnc1N1CCC(CS(C)(=O)=O)CC1. The Morgan fingerprint density at radius 3 is 2.55 bits per heavy atom. The van der Waals surface area contributed by atoms with E-state index in [1.165, 1.54) is 12.6 Å². The van der Waals surface area contributed by atoms with Gasteiger partial charge in [-0.15, -0.1) is 0 Å². The minimum Gasteiger partial charge on any atom is -0.491 e. The molecule has 1 aromatic heterocycles. The molecule has 112 valence electrons. The number of piperidine rings is 1. The van der Waals surface area contributed by atoms with E-state index >= 15 is 0 Å². The Balaban J connectivity index is 2.06. The number of rotatable bonds is 4. The van der Waals surface area contributed by atoms with Crippen molar-refractivity contribution in [3.63, 3.8) is 0 Å². The molecule has 0 N–H and O–H groups in total. The van der Waals surface area contributed by atoms with Crippen molar-refractivity contribution in [2.45, 2.75) is 19.8 Å². The molecule has 0 aromatic carbocycles. The van der Waals surface area contributed by atoms with Gasteiger partial charge in [-0.3, -0.25) is 0 Å². The molecule has 2 rings (SSSR count). The van der Waals surface area contributed by atoms with E-state index in [9.17, 15) is 8.42 Å². The highest BCUT2D eigenvalue weighted by molar-refractivity contribution is 7.90. The van der Waals surface area contributed by atoms with Gasteiger partial charge in [-0.25, -0.2) is 18.4 Å². The van der Waals surface area contributed by atoms with E-state index in [0.717, 1.165) is 37.4 Å². The van der Waals surface area contributed by atoms with Gasteiger partial charge in [0.25, 0.3) is 0 Å². The van der Waals surface area contributed by atoms with Gasteiger partial charge in [0, 0.05) is 19.3 Å². The average molecular weight is 299 g/mol. The molecule has 1 aromatic rings. The number of sulfone groups is 1. The fourth-order valence-corrected chi connectivity index (χ4v) is 3.84. The summed E-state index contributed by atoms with van der Waals surface area (Å²) in [5.41, 5.74) is 0.816. The summed E-state index contributed by atoms with van der Waals surface area (Å²) >= 11 is 0. The zero-order valence-electron chi connectivity index (χ0n) is 12.2. The minimum absolute atomic E-state index is 0.246. The highest BCUT2D eigenvalue weighted by Crippen LogP contribution is 2.31. The number of aryl methyl sites for hydroxylation is 1. The lowest BCUT2D eigenvalue weighted by Gasteiger charge is -2.33. The maximum atomic E-state index is 11.3. The Morgan fingerprint density at radius 2 is 2.00 bits per heavy atom. The number of nitrogens with zero attached hydrogens (tertiary/aromatic N) is 3. The summed E-state index contributed by atoms with van der Waals surface area (Å²) < 4.78 is 28.1. The number of hydrogen-bond donors (Lipinski definition) is 0. The quantitative estimate of drug-likeness (QED) is 0.827. The molecular weight excluding hydrogens is 278 g/mol. The molecule has 0 aliphatic carbocycles. The van der Waals surface area contributed by atoms with Gasteiger partial charge in [0.15, 0.2) is 11.6 Å². The number of hydrogen-bond acceptors (Lipinski definition) is 6. The Kier molecular flexibility index (Phi) is 4.47. The van der Waals surface area contributed by atoms with Crippen LogP contribution in [-0.4, -0.2) is 50.6 Å². The van der Waals surface area contributed by atoms with Crippen LogP contribution in [0.1, 0.15) is 18.5 Å². The number of aromatic nitrogens is 2. The van der Waals surface area contributed by atoms with E-state index in [2.05, 4.69) is 14.9 Å². The van der Waals surface area contributed by atoms with Crippen molar-refractivity contribution in [3.05, 3.63) is 12.0 Å². The zero-order valence-corrected chi connectivity index (χ0v) is 13.0. The lowest BCUT2D eigenvalue weighted by atomic mass is 9.99. The number of ether oxygens (including phenoxy) is 1. The molecule has 1 aliphatic rings. The largest absolute Gasteiger partial charge is 0.491 e. The van der Waals surface area contributed by atoms with Gasteiger partial charge in [0.2, 0.25) is 0 Å². The molecule has 0 spiro atoms. The van der Waals surface area contributed by atoms with Crippen LogP contribution in [0.25, 0.3) is 0 Å². The Hall–Kier alpha value is -1.37. The maximum Gasteiger partial charge on any atom is 0.182 e. The molecule has 0 atom stereocenters. The first-order valence-corrected chi connectivity index (χ1v) is 8.75. The lowest BCUT2D eigenvalue weighted by Crippen LogP contribution is -2.36. The van der Waals surface area contributed by atoms with Crippen LogP contribution < -0.4 is 9.64 Å². The second kappa shape index (κ2) is 5.95. The predicted octanol–water partition coefficient (Wildman–Crippen LogP) is 1.05. The Labute approximate surface area is 120 Å². The average Bonchev–Trinajstić information content (AvgIpc) is 2.37. The normalized spacial score (nSPS) is 17.2. The van der Waals surface area contributed by atoms with E-state index in [1.807, 2.05) is 6.92 Å². The first-order chi connectivity index (χ1) is 9.40.